The van der Waals surface area contributed by atoms with Gasteiger partial charge in [-0.3, -0.25) is 9.69 Å². The highest BCUT2D eigenvalue weighted by atomic mass is 16.1. The first-order chi connectivity index (χ1) is 8.60. The van der Waals surface area contributed by atoms with Crippen LogP contribution in [-0.4, -0.2) is 42.5 Å². The molecule has 0 aliphatic heterocycles. The van der Waals surface area contributed by atoms with Crippen LogP contribution in [0.15, 0.2) is 0 Å². The molecule has 4 nitrogen and oxygen atoms in total. The third-order valence-electron chi connectivity index (χ3n) is 3.80. The number of amides is 1. The van der Waals surface area contributed by atoms with Crippen LogP contribution in [0.3, 0.4) is 0 Å². The molecule has 0 aromatic carbocycles. The van der Waals surface area contributed by atoms with E-state index in [0.29, 0.717) is 24.9 Å². The highest BCUT2D eigenvalue weighted by Gasteiger charge is 2.26. The number of hydrogen-bond acceptors (Lipinski definition) is 3. The number of nitrogens with two attached hydrogens (primary N) is 1. The van der Waals surface area contributed by atoms with E-state index in [0.717, 1.165) is 25.9 Å². The summed E-state index contributed by atoms with van der Waals surface area (Å²) in [4.78, 5) is 14.2. The molecule has 1 saturated carbocycles. The number of rotatable bonds is 9. The first-order valence-corrected chi connectivity index (χ1v) is 7.34. The van der Waals surface area contributed by atoms with Gasteiger partial charge in [0.1, 0.15) is 0 Å². The Morgan fingerprint density at radius 3 is 2.56 bits per heavy atom. The zero-order valence-electron chi connectivity index (χ0n) is 12.1. The summed E-state index contributed by atoms with van der Waals surface area (Å²) in [7, 11) is 0. The summed E-state index contributed by atoms with van der Waals surface area (Å²) in [5.41, 5.74) is 5.84. The van der Waals surface area contributed by atoms with Gasteiger partial charge in [0.05, 0.1) is 0 Å². The van der Waals surface area contributed by atoms with Gasteiger partial charge in [0.2, 0.25) is 5.91 Å². The van der Waals surface area contributed by atoms with Crippen molar-refractivity contribution in [1.82, 2.24) is 10.2 Å². The lowest BCUT2D eigenvalue weighted by Crippen LogP contribution is -2.45. The normalized spacial score (nSPS) is 18.7. The minimum absolute atomic E-state index is 0.163. The Kier molecular flexibility index (Phi) is 6.65. The lowest BCUT2D eigenvalue weighted by atomic mass is 10.1. The molecular formula is C14H29N3O. The zero-order valence-corrected chi connectivity index (χ0v) is 12.1. The van der Waals surface area contributed by atoms with Crippen molar-refractivity contribution < 1.29 is 4.79 Å². The van der Waals surface area contributed by atoms with Crippen molar-refractivity contribution in [2.45, 2.75) is 58.5 Å². The van der Waals surface area contributed by atoms with Crippen LogP contribution < -0.4 is 11.1 Å². The predicted molar refractivity (Wildman–Crippen MR) is 75.3 cm³/mol. The second kappa shape index (κ2) is 7.74. The topological polar surface area (TPSA) is 58.4 Å². The van der Waals surface area contributed by atoms with Crippen LogP contribution in [0.5, 0.6) is 0 Å². The maximum atomic E-state index is 11.8. The fraction of sp³-hybridized carbons (Fsp3) is 0.929. The molecule has 1 amide bonds. The quantitative estimate of drug-likeness (QED) is 0.654. The van der Waals surface area contributed by atoms with Gasteiger partial charge in [-0.2, -0.15) is 0 Å². The summed E-state index contributed by atoms with van der Waals surface area (Å²) >= 11 is 0. The van der Waals surface area contributed by atoms with E-state index in [9.17, 15) is 4.79 Å². The fourth-order valence-corrected chi connectivity index (χ4v) is 2.16. The SMILES string of the molecule is CCC(C)CN(CC)C(CN)CC(=O)NC1CC1. The number of nitrogens with zero attached hydrogens (tertiary/aromatic N) is 1. The molecule has 0 heterocycles. The van der Waals surface area contributed by atoms with Gasteiger partial charge in [-0.05, 0) is 25.3 Å². The van der Waals surface area contributed by atoms with Crippen molar-refractivity contribution in [1.29, 1.82) is 0 Å². The van der Waals surface area contributed by atoms with Crippen molar-refractivity contribution in [3.63, 3.8) is 0 Å². The second-order valence-corrected chi connectivity index (χ2v) is 5.54. The van der Waals surface area contributed by atoms with Gasteiger partial charge in [0, 0.05) is 31.6 Å². The predicted octanol–water partition coefficient (Wildman–Crippen LogP) is 1.35. The summed E-state index contributed by atoms with van der Waals surface area (Å²) in [5.74, 6) is 0.820. The van der Waals surface area contributed by atoms with Gasteiger partial charge in [-0.15, -0.1) is 0 Å². The molecule has 1 aliphatic rings. The van der Waals surface area contributed by atoms with Gasteiger partial charge in [0.15, 0.2) is 0 Å². The summed E-state index contributed by atoms with van der Waals surface area (Å²) in [6, 6.07) is 0.628. The summed E-state index contributed by atoms with van der Waals surface area (Å²) in [6.07, 6.45) is 3.99. The fourth-order valence-electron chi connectivity index (χ4n) is 2.16. The van der Waals surface area contributed by atoms with Gasteiger partial charge < -0.3 is 11.1 Å². The van der Waals surface area contributed by atoms with Gasteiger partial charge in [-0.1, -0.05) is 27.2 Å². The number of nitrogens with one attached hydrogen (secondary N) is 1. The van der Waals surface area contributed by atoms with Crippen molar-refractivity contribution in [3.05, 3.63) is 0 Å². The van der Waals surface area contributed by atoms with Crippen LogP contribution in [0.4, 0.5) is 0 Å². The van der Waals surface area contributed by atoms with Gasteiger partial charge in [-0.25, -0.2) is 0 Å². The number of likely N-dealkylation sites (N-methyl/N-ethyl adjacent to an activating group) is 1. The lowest BCUT2D eigenvalue weighted by molar-refractivity contribution is -0.122. The van der Waals surface area contributed by atoms with E-state index in [1.807, 2.05) is 0 Å². The molecule has 1 rings (SSSR count). The molecule has 1 aliphatic carbocycles. The van der Waals surface area contributed by atoms with Gasteiger partial charge in [0.25, 0.3) is 0 Å². The molecule has 1 fully saturated rings. The van der Waals surface area contributed by atoms with Crippen LogP contribution in [0.25, 0.3) is 0 Å². The molecule has 0 bridgehead atoms. The Morgan fingerprint density at radius 1 is 1.44 bits per heavy atom. The molecule has 4 heteroatoms. The molecule has 0 spiro atoms. The Morgan fingerprint density at radius 2 is 2.11 bits per heavy atom. The Bertz CT molecular complexity index is 253. The molecule has 18 heavy (non-hydrogen) atoms. The van der Waals surface area contributed by atoms with Crippen LogP contribution in [0.1, 0.15) is 46.5 Å². The first kappa shape index (κ1) is 15.4. The molecule has 0 saturated heterocycles. The highest BCUT2D eigenvalue weighted by Crippen LogP contribution is 2.19. The van der Waals surface area contributed by atoms with Crippen molar-refractivity contribution in [2.75, 3.05) is 19.6 Å². The minimum Gasteiger partial charge on any atom is -0.353 e. The average molecular weight is 255 g/mol. The summed E-state index contributed by atoms with van der Waals surface area (Å²) in [5, 5.41) is 3.04. The second-order valence-electron chi connectivity index (χ2n) is 5.54. The van der Waals surface area contributed by atoms with Crippen LogP contribution >= 0.6 is 0 Å². The Balaban J connectivity index is 2.41. The summed E-state index contributed by atoms with van der Waals surface area (Å²) < 4.78 is 0. The third kappa shape index (κ3) is 5.36. The molecule has 2 atom stereocenters. The molecule has 0 aromatic heterocycles. The van der Waals surface area contributed by atoms with Crippen molar-refractivity contribution in [3.8, 4) is 0 Å². The van der Waals surface area contributed by atoms with Crippen molar-refractivity contribution >= 4 is 5.91 Å². The number of carbonyl (C=O) groups excluding carboxylic acids is 1. The van der Waals surface area contributed by atoms with Crippen LogP contribution in [0.2, 0.25) is 0 Å². The Hall–Kier alpha value is -0.610. The van der Waals surface area contributed by atoms with E-state index in [2.05, 4.69) is 31.0 Å². The molecule has 0 radical (unpaired) electrons. The van der Waals surface area contributed by atoms with Crippen LogP contribution in [-0.2, 0) is 4.79 Å². The molecule has 3 N–H and O–H groups in total. The summed E-state index contributed by atoms with van der Waals surface area (Å²) in [6.45, 7) is 9.15. The van der Waals surface area contributed by atoms with Crippen LogP contribution in [0, 0.1) is 5.92 Å². The maximum Gasteiger partial charge on any atom is 0.221 e. The maximum absolute atomic E-state index is 11.8. The van der Waals surface area contributed by atoms with Gasteiger partial charge >= 0.3 is 0 Å². The molecule has 106 valence electrons. The lowest BCUT2D eigenvalue weighted by Gasteiger charge is -2.31. The number of carbonyl (C=O) groups is 1. The van der Waals surface area contributed by atoms with Crippen molar-refractivity contribution in [2.24, 2.45) is 11.7 Å². The van der Waals surface area contributed by atoms with E-state index in [4.69, 9.17) is 5.73 Å². The minimum atomic E-state index is 0.163. The van der Waals surface area contributed by atoms with E-state index in [1.165, 1.54) is 6.42 Å². The largest absolute Gasteiger partial charge is 0.353 e. The van der Waals surface area contributed by atoms with E-state index < -0.39 is 0 Å². The monoisotopic (exact) mass is 255 g/mol. The molecule has 2 unspecified atom stereocenters. The smallest absolute Gasteiger partial charge is 0.221 e. The van der Waals surface area contributed by atoms with E-state index in [1.54, 1.807) is 0 Å². The number of hydrogen-bond donors (Lipinski definition) is 2. The highest BCUT2D eigenvalue weighted by molar-refractivity contribution is 5.77. The van der Waals surface area contributed by atoms with E-state index in [-0.39, 0.29) is 11.9 Å². The average Bonchev–Trinajstić information content (AvgIpc) is 3.16. The first-order valence-electron chi connectivity index (χ1n) is 7.34. The Labute approximate surface area is 111 Å². The standard InChI is InChI=1S/C14H29N3O/c1-4-11(3)10-17(5-2)13(9-15)8-14(18)16-12-6-7-12/h11-13H,4-10,15H2,1-3H3,(H,16,18). The molecular weight excluding hydrogens is 226 g/mol. The molecule has 0 aromatic rings. The van der Waals surface area contributed by atoms with E-state index >= 15 is 0 Å². The zero-order chi connectivity index (χ0) is 13.5. The third-order valence-corrected chi connectivity index (χ3v) is 3.80.